The second-order valence-electron chi connectivity index (χ2n) is 5.03. The molecule has 0 fully saturated rings. The molecule has 112 valence electrons. The van der Waals surface area contributed by atoms with Crippen molar-refractivity contribution in [3.05, 3.63) is 24.2 Å². The fourth-order valence-electron chi connectivity index (χ4n) is 1.78. The van der Waals surface area contributed by atoms with Gasteiger partial charge in [-0.2, -0.15) is 0 Å². The van der Waals surface area contributed by atoms with Crippen molar-refractivity contribution >= 4 is 12.0 Å². The van der Waals surface area contributed by atoms with E-state index in [0.29, 0.717) is 13.0 Å². The largest absolute Gasteiger partial charge is 0.481 e. The number of carbonyl (C=O) groups excluding carboxylic acids is 1. The van der Waals surface area contributed by atoms with Gasteiger partial charge in [-0.1, -0.05) is 13.3 Å². The number of nitrogens with one attached hydrogen (secondary N) is 2. The van der Waals surface area contributed by atoms with Crippen LogP contribution in [0.15, 0.2) is 23.0 Å². The molecule has 1 aromatic heterocycles. The first kappa shape index (κ1) is 16.1. The predicted molar refractivity (Wildman–Crippen MR) is 74.2 cm³/mol. The Balaban J connectivity index is 2.13. The van der Waals surface area contributed by atoms with E-state index in [4.69, 9.17) is 9.52 Å². The lowest BCUT2D eigenvalue weighted by molar-refractivity contribution is -0.141. The second kappa shape index (κ2) is 8.24. The molecular weight excluding hydrogens is 260 g/mol. The molecule has 1 rings (SSSR count). The summed E-state index contributed by atoms with van der Waals surface area (Å²) < 4.78 is 4.90. The van der Waals surface area contributed by atoms with Gasteiger partial charge in [-0.15, -0.1) is 0 Å². The Kier molecular flexibility index (Phi) is 6.63. The van der Waals surface area contributed by atoms with Gasteiger partial charge in [-0.3, -0.25) is 4.79 Å². The highest BCUT2D eigenvalue weighted by molar-refractivity contribution is 5.74. The molecule has 0 aliphatic heterocycles. The Hall–Kier alpha value is -1.98. The van der Waals surface area contributed by atoms with Crippen LogP contribution in [-0.4, -0.2) is 23.1 Å². The van der Waals surface area contributed by atoms with E-state index in [9.17, 15) is 9.59 Å². The summed E-state index contributed by atoms with van der Waals surface area (Å²) in [5, 5.41) is 14.3. The molecular formula is C14H22N2O4. The Bertz CT molecular complexity index is 417. The van der Waals surface area contributed by atoms with Crippen molar-refractivity contribution in [1.29, 1.82) is 0 Å². The summed E-state index contributed by atoms with van der Waals surface area (Å²) in [6.45, 7) is 4.02. The molecule has 6 nitrogen and oxygen atoms in total. The maximum absolute atomic E-state index is 11.6. The van der Waals surface area contributed by atoms with Crippen LogP contribution in [0, 0.1) is 5.92 Å². The topological polar surface area (TPSA) is 91.6 Å². The molecule has 2 unspecified atom stereocenters. The number of carboxylic acid groups (broad SMARTS) is 1. The third-order valence-corrected chi connectivity index (χ3v) is 3.11. The number of carboxylic acids is 1. The van der Waals surface area contributed by atoms with Gasteiger partial charge >= 0.3 is 12.0 Å². The van der Waals surface area contributed by atoms with Crippen LogP contribution in [0.4, 0.5) is 4.79 Å². The molecule has 2 amide bonds. The summed E-state index contributed by atoms with van der Waals surface area (Å²) in [7, 11) is 0. The highest BCUT2D eigenvalue weighted by Gasteiger charge is 2.12. The highest BCUT2D eigenvalue weighted by Crippen LogP contribution is 2.09. The molecule has 1 aromatic rings. The number of furan rings is 1. The van der Waals surface area contributed by atoms with Gasteiger partial charge in [-0.25, -0.2) is 4.79 Å². The van der Waals surface area contributed by atoms with Crippen LogP contribution in [0.2, 0.25) is 0 Å². The number of aliphatic carboxylic acids is 1. The zero-order valence-electron chi connectivity index (χ0n) is 11.9. The lowest BCUT2D eigenvalue weighted by atomic mass is 10.0. The summed E-state index contributed by atoms with van der Waals surface area (Å²) in [5.41, 5.74) is 0.906. The minimum absolute atomic E-state index is 0.0142. The molecule has 0 aliphatic rings. The Morgan fingerprint density at radius 3 is 2.70 bits per heavy atom. The van der Waals surface area contributed by atoms with Crippen molar-refractivity contribution in [2.75, 3.05) is 0 Å². The summed E-state index contributed by atoms with van der Waals surface area (Å²) in [4.78, 5) is 22.3. The predicted octanol–water partition coefficient (Wildman–Crippen LogP) is 2.36. The van der Waals surface area contributed by atoms with E-state index in [0.717, 1.165) is 18.4 Å². The van der Waals surface area contributed by atoms with Gasteiger partial charge in [0, 0.05) is 18.2 Å². The molecule has 6 heteroatoms. The highest BCUT2D eigenvalue weighted by atomic mass is 16.4. The Morgan fingerprint density at radius 2 is 2.10 bits per heavy atom. The Labute approximate surface area is 118 Å². The molecule has 0 aliphatic carbocycles. The third kappa shape index (κ3) is 6.26. The van der Waals surface area contributed by atoms with Gasteiger partial charge in [0.25, 0.3) is 0 Å². The van der Waals surface area contributed by atoms with E-state index in [1.165, 1.54) is 0 Å². The van der Waals surface area contributed by atoms with Crippen LogP contribution in [0.5, 0.6) is 0 Å². The van der Waals surface area contributed by atoms with E-state index >= 15 is 0 Å². The van der Waals surface area contributed by atoms with Crippen molar-refractivity contribution in [3.63, 3.8) is 0 Å². The zero-order chi connectivity index (χ0) is 15.0. The number of hydrogen-bond acceptors (Lipinski definition) is 3. The lowest BCUT2D eigenvalue weighted by Gasteiger charge is -2.15. The molecule has 0 saturated heterocycles. The van der Waals surface area contributed by atoms with Crippen LogP contribution < -0.4 is 10.6 Å². The number of rotatable bonds is 8. The minimum Gasteiger partial charge on any atom is -0.481 e. The number of amides is 2. The molecule has 0 aromatic carbocycles. The van der Waals surface area contributed by atoms with E-state index in [1.807, 2.05) is 6.92 Å². The summed E-state index contributed by atoms with van der Waals surface area (Å²) in [6.07, 6.45) is 5.30. The van der Waals surface area contributed by atoms with Crippen LogP contribution in [0.1, 0.15) is 38.7 Å². The van der Waals surface area contributed by atoms with Crippen molar-refractivity contribution < 1.29 is 19.1 Å². The summed E-state index contributed by atoms with van der Waals surface area (Å²) in [6, 6.07) is 1.57. The molecule has 0 bridgehead atoms. The maximum Gasteiger partial charge on any atom is 0.315 e. The normalized spacial score (nSPS) is 13.5. The van der Waals surface area contributed by atoms with Crippen molar-refractivity contribution in [3.8, 4) is 0 Å². The summed E-state index contributed by atoms with van der Waals surface area (Å²) in [5.74, 6) is -1.11. The van der Waals surface area contributed by atoms with Gasteiger partial charge in [0.1, 0.15) is 0 Å². The third-order valence-electron chi connectivity index (χ3n) is 3.11. The SMILES string of the molecule is CC(CCCC(C)C(=O)O)NC(=O)NCc1ccoc1. The van der Waals surface area contributed by atoms with Crippen LogP contribution in [-0.2, 0) is 11.3 Å². The second-order valence-corrected chi connectivity index (χ2v) is 5.03. The molecule has 0 saturated carbocycles. The minimum atomic E-state index is -0.775. The molecule has 2 atom stereocenters. The number of hydrogen-bond donors (Lipinski definition) is 3. The number of urea groups is 1. The molecule has 1 heterocycles. The fourth-order valence-corrected chi connectivity index (χ4v) is 1.78. The molecule has 20 heavy (non-hydrogen) atoms. The lowest BCUT2D eigenvalue weighted by Crippen LogP contribution is -2.40. The van der Waals surface area contributed by atoms with Crippen LogP contribution in [0.25, 0.3) is 0 Å². The van der Waals surface area contributed by atoms with E-state index < -0.39 is 5.97 Å². The van der Waals surface area contributed by atoms with E-state index in [1.54, 1.807) is 25.5 Å². The van der Waals surface area contributed by atoms with Crippen LogP contribution >= 0.6 is 0 Å². The average Bonchev–Trinajstić information content (AvgIpc) is 2.89. The standard InChI is InChI=1S/C14H22N2O4/c1-10(13(17)18)4-3-5-11(2)16-14(19)15-8-12-6-7-20-9-12/h6-7,9-11H,3-5,8H2,1-2H3,(H,17,18)(H2,15,16,19). The van der Waals surface area contributed by atoms with Gasteiger partial charge < -0.3 is 20.2 Å². The summed E-state index contributed by atoms with van der Waals surface area (Å²) >= 11 is 0. The first-order valence-electron chi connectivity index (χ1n) is 6.77. The van der Waals surface area contributed by atoms with E-state index in [2.05, 4.69) is 10.6 Å². The van der Waals surface area contributed by atoms with Crippen LogP contribution in [0.3, 0.4) is 0 Å². The Morgan fingerprint density at radius 1 is 1.35 bits per heavy atom. The average molecular weight is 282 g/mol. The zero-order valence-corrected chi connectivity index (χ0v) is 11.9. The fraction of sp³-hybridized carbons (Fsp3) is 0.571. The van der Waals surface area contributed by atoms with Gasteiger partial charge in [0.05, 0.1) is 18.4 Å². The van der Waals surface area contributed by atoms with Gasteiger partial charge in [0.15, 0.2) is 0 Å². The van der Waals surface area contributed by atoms with Crippen molar-refractivity contribution in [2.45, 2.75) is 45.7 Å². The van der Waals surface area contributed by atoms with Gasteiger partial charge in [0.2, 0.25) is 0 Å². The number of carbonyl (C=O) groups is 2. The van der Waals surface area contributed by atoms with Crippen molar-refractivity contribution in [1.82, 2.24) is 10.6 Å². The molecule has 3 N–H and O–H groups in total. The van der Waals surface area contributed by atoms with E-state index in [-0.39, 0.29) is 18.0 Å². The first-order chi connectivity index (χ1) is 9.49. The first-order valence-corrected chi connectivity index (χ1v) is 6.77. The molecule has 0 radical (unpaired) electrons. The quantitative estimate of drug-likeness (QED) is 0.682. The smallest absolute Gasteiger partial charge is 0.315 e. The van der Waals surface area contributed by atoms with Crippen molar-refractivity contribution in [2.24, 2.45) is 5.92 Å². The monoisotopic (exact) mass is 282 g/mol. The maximum atomic E-state index is 11.6. The van der Waals surface area contributed by atoms with Gasteiger partial charge in [-0.05, 0) is 25.8 Å². The molecule has 0 spiro atoms.